The van der Waals surface area contributed by atoms with Gasteiger partial charge in [0.05, 0.1) is 22.8 Å². The molecule has 0 saturated carbocycles. The number of nitrogens with two attached hydrogens (primary N) is 1. The lowest BCUT2D eigenvalue weighted by molar-refractivity contribution is -0.134. The summed E-state index contributed by atoms with van der Waals surface area (Å²) in [6.45, 7) is 3.93. The first-order valence-corrected chi connectivity index (χ1v) is 9.99. The Bertz CT molecular complexity index is 894. The molecule has 1 saturated heterocycles. The highest BCUT2D eigenvalue weighted by molar-refractivity contribution is 7.18. The average Bonchev–Trinajstić information content (AvgIpc) is 3.27. The zero-order chi connectivity index (χ0) is 18.8. The second-order valence-corrected chi connectivity index (χ2v) is 8.06. The van der Waals surface area contributed by atoms with Gasteiger partial charge in [0.2, 0.25) is 5.91 Å². The molecule has 1 aliphatic heterocycles. The fraction of sp³-hybridized carbons (Fsp3) is 0.421. The zero-order valence-corrected chi connectivity index (χ0v) is 16.2. The Morgan fingerprint density at radius 2 is 2.04 bits per heavy atom. The highest BCUT2D eigenvalue weighted by Crippen LogP contribution is 2.23. The van der Waals surface area contributed by atoms with Crippen LogP contribution in [0.15, 0.2) is 36.7 Å². The van der Waals surface area contributed by atoms with Gasteiger partial charge >= 0.3 is 0 Å². The predicted octanol–water partition coefficient (Wildman–Crippen LogP) is 1.24. The van der Waals surface area contributed by atoms with Crippen molar-refractivity contribution in [2.75, 3.05) is 26.2 Å². The highest BCUT2D eigenvalue weighted by atomic mass is 32.1. The molecule has 8 heteroatoms. The lowest BCUT2D eigenvalue weighted by atomic mass is 10.1. The van der Waals surface area contributed by atoms with Crippen LogP contribution in [0.2, 0.25) is 0 Å². The van der Waals surface area contributed by atoms with Gasteiger partial charge < -0.3 is 15.2 Å². The second kappa shape index (κ2) is 7.75. The van der Waals surface area contributed by atoms with Crippen LogP contribution in [0.3, 0.4) is 0 Å². The average molecular weight is 385 g/mol. The van der Waals surface area contributed by atoms with Crippen molar-refractivity contribution >= 4 is 27.5 Å². The number of carbonyl (C=O) groups excluding carboxylic acids is 1. The molecule has 142 valence electrons. The molecular formula is C19H24N6OS. The Morgan fingerprint density at radius 1 is 1.26 bits per heavy atom. The number of piperazine rings is 1. The van der Waals surface area contributed by atoms with Crippen molar-refractivity contribution < 1.29 is 4.79 Å². The molecule has 0 aliphatic carbocycles. The van der Waals surface area contributed by atoms with E-state index >= 15 is 0 Å². The van der Waals surface area contributed by atoms with Crippen molar-refractivity contribution in [3.63, 3.8) is 0 Å². The van der Waals surface area contributed by atoms with Crippen LogP contribution in [-0.2, 0) is 24.8 Å². The number of imidazole rings is 1. The minimum atomic E-state index is -0.540. The van der Waals surface area contributed by atoms with Crippen LogP contribution in [0.4, 0.5) is 0 Å². The molecule has 0 spiro atoms. The summed E-state index contributed by atoms with van der Waals surface area (Å²) in [5.41, 5.74) is 7.20. The molecule has 3 aromatic rings. The summed E-state index contributed by atoms with van der Waals surface area (Å²) < 4.78 is 3.13. The van der Waals surface area contributed by atoms with Gasteiger partial charge in [0, 0.05) is 52.0 Å². The summed E-state index contributed by atoms with van der Waals surface area (Å²) in [5, 5.41) is 1.13. The standard InChI is InChI=1S/C19H24N6OS/c1-23-7-6-21-17(23)12-14(20)19(26)25-10-8-24(9-11-25)13-18-22-15-4-2-3-5-16(15)27-18/h2-7,14H,8-13,20H2,1H3. The van der Waals surface area contributed by atoms with E-state index in [1.165, 1.54) is 4.70 Å². The maximum atomic E-state index is 12.7. The van der Waals surface area contributed by atoms with E-state index in [1.54, 1.807) is 17.5 Å². The van der Waals surface area contributed by atoms with Crippen LogP contribution < -0.4 is 5.73 Å². The molecule has 3 heterocycles. The fourth-order valence-corrected chi connectivity index (χ4v) is 4.43. The first kappa shape index (κ1) is 18.1. The second-order valence-electron chi connectivity index (χ2n) is 6.94. The number of aromatic nitrogens is 3. The van der Waals surface area contributed by atoms with Crippen LogP contribution in [0, 0.1) is 0 Å². The van der Waals surface area contributed by atoms with E-state index in [1.807, 2.05) is 34.8 Å². The highest BCUT2D eigenvalue weighted by Gasteiger charge is 2.26. The van der Waals surface area contributed by atoms with Crippen molar-refractivity contribution in [1.82, 2.24) is 24.3 Å². The molecule has 7 nitrogen and oxygen atoms in total. The van der Waals surface area contributed by atoms with Gasteiger partial charge in [-0.2, -0.15) is 0 Å². The molecule has 1 atom stereocenters. The number of hydrogen-bond donors (Lipinski definition) is 1. The van der Waals surface area contributed by atoms with Crippen LogP contribution in [-0.4, -0.2) is 62.5 Å². The topological polar surface area (TPSA) is 80.3 Å². The maximum Gasteiger partial charge on any atom is 0.240 e. The maximum absolute atomic E-state index is 12.7. The van der Waals surface area contributed by atoms with E-state index < -0.39 is 6.04 Å². The van der Waals surface area contributed by atoms with Gasteiger partial charge in [-0.1, -0.05) is 12.1 Å². The van der Waals surface area contributed by atoms with Gasteiger partial charge in [-0.15, -0.1) is 11.3 Å². The number of rotatable bonds is 5. The third kappa shape index (κ3) is 4.02. The van der Waals surface area contributed by atoms with Gasteiger partial charge in [-0.3, -0.25) is 9.69 Å². The summed E-state index contributed by atoms with van der Waals surface area (Å²) in [5.74, 6) is 0.850. The number of hydrogen-bond acceptors (Lipinski definition) is 6. The Morgan fingerprint density at radius 3 is 2.74 bits per heavy atom. The first-order valence-electron chi connectivity index (χ1n) is 9.17. The molecule has 0 bridgehead atoms. The zero-order valence-electron chi connectivity index (χ0n) is 15.4. The van der Waals surface area contributed by atoms with Gasteiger partial charge in [-0.25, -0.2) is 9.97 Å². The number of nitrogens with zero attached hydrogens (tertiary/aromatic N) is 5. The molecule has 4 rings (SSSR count). The number of aryl methyl sites for hydroxylation is 1. The lowest BCUT2D eigenvalue weighted by Gasteiger charge is -2.35. The minimum absolute atomic E-state index is 0.0117. The molecule has 1 unspecified atom stereocenters. The Balaban J connectivity index is 1.30. The number of thiazole rings is 1. The van der Waals surface area contributed by atoms with E-state index in [0.717, 1.165) is 36.0 Å². The summed E-state index contributed by atoms with van der Waals surface area (Å²) in [4.78, 5) is 25.8. The van der Waals surface area contributed by atoms with Crippen molar-refractivity contribution in [1.29, 1.82) is 0 Å². The molecule has 1 amide bonds. The minimum Gasteiger partial charge on any atom is -0.339 e. The van der Waals surface area contributed by atoms with Gasteiger partial charge in [0.1, 0.15) is 10.8 Å². The van der Waals surface area contributed by atoms with Crippen LogP contribution in [0.25, 0.3) is 10.2 Å². The number of amides is 1. The molecule has 1 aromatic carbocycles. The van der Waals surface area contributed by atoms with Gasteiger partial charge in [0.25, 0.3) is 0 Å². The summed E-state index contributed by atoms with van der Waals surface area (Å²) >= 11 is 1.74. The molecule has 27 heavy (non-hydrogen) atoms. The summed E-state index contributed by atoms with van der Waals surface area (Å²) in [6.07, 6.45) is 4.06. The van der Waals surface area contributed by atoms with E-state index in [0.29, 0.717) is 19.5 Å². The van der Waals surface area contributed by atoms with Gasteiger partial charge in [0.15, 0.2) is 0 Å². The Hall–Kier alpha value is -2.29. The van der Waals surface area contributed by atoms with E-state index in [2.05, 4.69) is 22.0 Å². The smallest absolute Gasteiger partial charge is 0.240 e. The molecule has 0 radical (unpaired) electrons. The third-order valence-corrected chi connectivity index (χ3v) is 6.04. The van der Waals surface area contributed by atoms with E-state index in [4.69, 9.17) is 10.7 Å². The number of fused-ring (bicyclic) bond motifs is 1. The fourth-order valence-electron chi connectivity index (χ4n) is 3.42. The Labute approximate surface area is 162 Å². The first-order chi connectivity index (χ1) is 13.1. The van der Waals surface area contributed by atoms with Crippen molar-refractivity contribution in [2.45, 2.75) is 19.0 Å². The number of benzene rings is 1. The molecular weight excluding hydrogens is 360 g/mol. The van der Waals surface area contributed by atoms with Crippen LogP contribution in [0.1, 0.15) is 10.8 Å². The van der Waals surface area contributed by atoms with E-state index in [-0.39, 0.29) is 5.91 Å². The van der Waals surface area contributed by atoms with Crippen molar-refractivity contribution in [2.24, 2.45) is 12.8 Å². The van der Waals surface area contributed by atoms with Crippen molar-refractivity contribution in [3.8, 4) is 0 Å². The monoisotopic (exact) mass is 384 g/mol. The van der Waals surface area contributed by atoms with Crippen LogP contribution in [0.5, 0.6) is 0 Å². The third-order valence-electron chi connectivity index (χ3n) is 5.02. The van der Waals surface area contributed by atoms with Gasteiger partial charge in [-0.05, 0) is 12.1 Å². The molecule has 2 aromatic heterocycles. The molecule has 1 fully saturated rings. The lowest BCUT2D eigenvalue weighted by Crippen LogP contribution is -2.53. The molecule has 2 N–H and O–H groups in total. The van der Waals surface area contributed by atoms with E-state index in [9.17, 15) is 4.79 Å². The predicted molar refractivity (Wildman–Crippen MR) is 106 cm³/mol. The Kier molecular flexibility index (Phi) is 5.20. The number of para-hydroxylation sites is 1. The quantitative estimate of drug-likeness (QED) is 0.716. The SMILES string of the molecule is Cn1ccnc1CC(N)C(=O)N1CCN(Cc2nc3ccccc3s2)CC1. The normalized spacial score (nSPS) is 16.7. The van der Waals surface area contributed by atoms with Crippen LogP contribution >= 0.6 is 11.3 Å². The summed E-state index contributed by atoms with van der Waals surface area (Å²) in [6, 6.07) is 7.68. The van der Waals surface area contributed by atoms with Crippen molar-refractivity contribution in [3.05, 3.63) is 47.5 Å². The summed E-state index contributed by atoms with van der Waals surface area (Å²) in [7, 11) is 1.92. The molecule has 1 aliphatic rings. The number of carbonyl (C=O) groups is 1. The largest absolute Gasteiger partial charge is 0.339 e.